The first kappa shape index (κ1) is 13.6. The van der Waals surface area contributed by atoms with Gasteiger partial charge in [-0.15, -0.1) is 0 Å². The second kappa shape index (κ2) is 6.92. The van der Waals surface area contributed by atoms with Gasteiger partial charge in [0.2, 0.25) is 5.91 Å². The molecule has 0 saturated heterocycles. The molecule has 0 spiro atoms. The van der Waals surface area contributed by atoms with Crippen LogP contribution in [0.4, 0.5) is 0 Å². The monoisotopic (exact) mass is 262 g/mol. The van der Waals surface area contributed by atoms with E-state index in [1.807, 2.05) is 30.3 Å². The third-order valence-electron chi connectivity index (χ3n) is 2.69. The average molecular weight is 262 g/mol. The standard InChI is InChI=1S/C14H18N2O3/c1-18-7-6-16-14(17)10-15-9-12-8-11-4-2-3-5-13(11)19-12/h2-5,8,15H,6-7,9-10H2,1H3,(H,16,17). The Morgan fingerprint density at radius 2 is 2.21 bits per heavy atom. The van der Waals surface area contributed by atoms with Crippen LogP contribution < -0.4 is 10.6 Å². The summed E-state index contributed by atoms with van der Waals surface area (Å²) in [7, 11) is 1.60. The number of benzene rings is 1. The van der Waals surface area contributed by atoms with Crippen LogP contribution in [-0.4, -0.2) is 32.7 Å². The predicted octanol–water partition coefficient (Wildman–Crippen LogP) is 1.29. The molecule has 0 unspecified atom stereocenters. The highest BCUT2D eigenvalue weighted by Gasteiger charge is 2.04. The van der Waals surface area contributed by atoms with Crippen LogP contribution in [0, 0.1) is 0 Å². The van der Waals surface area contributed by atoms with E-state index in [-0.39, 0.29) is 12.5 Å². The Morgan fingerprint density at radius 1 is 1.37 bits per heavy atom. The van der Waals surface area contributed by atoms with Gasteiger partial charge in [-0.1, -0.05) is 18.2 Å². The van der Waals surface area contributed by atoms with Gasteiger partial charge in [-0.05, 0) is 12.1 Å². The summed E-state index contributed by atoms with van der Waals surface area (Å²) in [5.74, 6) is 0.777. The number of hydrogen-bond acceptors (Lipinski definition) is 4. The fourth-order valence-electron chi connectivity index (χ4n) is 1.78. The maximum atomic E-state index is 11.4. The van der Waals surface area contributed by atoms with Crippen molar-refractivity contribution in [1.82, 2.24) is 10.6 Å². The van der Waals surface area contributed by atoms with Crippen LogP contribution >= 0.6 is 0 Å². The molecule has 0 aliphatic rings. The van der Waals surface area contributed by atoms with E-state index >= 15 is 0 Å². The topological polar surface area (TPSA) is 63.5 Å². The minimum absolute atomic E-state index is 0.0480. The molecule has 5 heteroatoms. The van der Waals surface area contributed by atoms with Gasteiger partial charge in [0, 0.05) is 19.0 Å². The minimum atomic E-state index is -0.0480. The van der Waals surface area contributed by atoms with Gasteiger partial charge in [0.15, 0.2) is 0 Å². The van der Waals surface area contributed by atoms with Gasteiger partial charge in [-0.25, -0.2) is 0 Å². The average Bonchev–Trinajstić information content (AvgIpc) is 2.81. The van der Waals surface area contributed by atoms with Crippen LogP contribution in [0.25, 0.3) is 11.0 Å². The normalized spacial score (nSPS) is 10.8. The van der Waals surface area contributed by atoms with Crippen molar-refractivity contribution in [3.05, 3.63) is 36.1 Å². The predicted molar refractivity (Wildman–Crippen MR) is 72.8 cm³/mol. The molecule has 2 N–H and O–H groups in total. The third kappa shape index (κ3) is 4.08. The molecule has 0 radical (unpaired) electrons. The molecule has 19 heavy (non-hydrogen) atoms. The molecule has 1 aromatic carbocycles. The summed E-state index contributed by atoms with van der Waals surface area (Å²) in [5, 5.41) is 6.86. The highest BCUT2D eigenvalue weighted by Crippen LogP contribution is 2.18. The molecule has 0 saturated carbocycles. The lowest BCUT2D eigenvalue weighted by Gasteiger charge is -2.04. The van der Waals surface area contributed by atoms with Gasteiger partial charge in [0.05, 0.1) is 19.7 Å². The molecule has 0 aliphatic heterocycles. The van der Waals surface area contributed by atoms with Crippen molar-refractivity contribution in [2.75, 3.05) is 26.8 Å². The number of methoxy groups -OCH3 is 1. The quantitative estimate of drug-likeness (QED) is 0.738. The number of ether oxygens (including phenoxy) is 1. The molecule has 2 rings (SSSR count). The summed E-state index contributed by atoms with van der Waals surface area (Å²) in [6, 6.07) is 9.81. The van der Waals surface area contributed by atoms with Crippen molar-refractivity contribution in [3.63, 3.8) is 0 Å². The van der Waals surface area contributed by atoms with Crippen molar-refractivity contribution >= 4 is 16.9 Å². The zero-order valence-electron chi connectivity index (χ0n) is 10.9. The Kier molecular flexibility index (Phi) is 4.94. The Hall–Kier alpha value is -1.85. The Bertz CT molecular complexity index is 503. The maximum Gasteiger partial charge on any atom is 0.234 e. The first-order valence-electron chi connectivity index (χ1n) is 6.23. The summed E-state index contributed by atoms with van der Waals surface area (Å²) in [6.45, 7) is 1.85. The first-order valence-corrected chi connectivity index (χ1v) is 6.23. The van der Waals surface area contributed by atoms with E-state index in [2.05, 4.69) is 10.6 Å². The number of amides is 1. The molecular formula is C14H18N2O3. The van der Waals surface area contributed by atoms with Gasteiger partial charge < -0.3 is 19.8 Å². The zero-order chi connectivity index (χ0) is 13.5. The van der Waals surface area contributed by atoms with E-state index in [0.29, 0.717) is 19.7 Å². The van der Waals surface area contributed by atoms with E-state index < -0.39 is 0 Å². The SMILES string of the molecule is COCCNC(=O)CNCc1cc2ccccc2o1. The summed E-state index contributed by atoms with van der Waals surface area (Å²) < 4.78 is 10.5. The highest BCUT2D eigenvalue weighted by molar-refractivity contribution is 5.78. The molecule has 5 nitrogen and oxygen atoms in total. The second-order valence-electron chi connectivity index (χ2n) is 4.20. The fraction of sp³-hybridized carbons (Fsp3) is 0.357. The van der Waals surface area contributed by atoms with E-state index in [4.69, 9.17) is 9.15 Å². The number of furan rings is 1. The van der Waals surface area contributed by atoms with Gasteiger partial charge in [-0.3, -0.25) is 4.79 Å². The van der Waals surface area contributed by atoms with Gasteiger partial charge in [0.1, 0.15) is 11.3 Å². The Balaban J connectivity index is 1.74. The number of fused-ring (bicyclic) bond motifs is 1. The fourth-order valence-corrected chi connectivity index (χ4v) is 1.78. The number of carbonyl (C=O) groups is 1. The molecule has 2 aromatic rings. The summed E-state index contributed by atoms with van der Waals surface area (Å²) in [4.78, 5) is 11.4. The molecule has 1 heterocycles. The van der Waals surface area contributed by atoms with Crippen molar-refractivity contribution < 1.29 is 13.9 Å². The van der Waals surface area contributed by atoms with Crippen molar-refractivity contribution in [3.8, 4) is 0 Å². The van der Waals surface area contributed by atoms with Gasteiger partial charge >= 0.3 is 0 Å². The minimum Gasteiger partial charge on any atom is -0.460 e. The van der Waals surface area contributed by atoms with Crippen LogP contribution in [-0.2, 0) is 16.1 Å². The van der Waals surface area contributed by atoms with E-state index in [1.54, 1.807) is 7.11 Å². The molecule has 0 aliphatic carbocycles. The maximum absolute atomic E-state index is 11.4. The van der Waals surface area contributed by atoms with Crippen LogP contribution in [0.2, 0.25) is 0 Å². The van der Waals surface area contributed by atoms with Crippen LogP contribution in [0.15, 0.2) is 34.7 Å². The van der Waals surface area contributed by atoms with Crippen LogP contribution in [0.5, 0.6) is 0 Å². The van der Waals surface area contributed by atoms with Crippen molar-refractivity contribution in [2.24, 2.45) is 0 Å². The lowest BCUT2D eigenvalue weighted by atomic mass is 10.2. The molecule has 1 amide bonds. The number of para-hydroxylation sites is 1. The van der Waals surface area contributed by atoms with E-state index in [0.717, 1.165) is 16.7 Å². The molecular weight excluding hydrogens is 244 g/mol. The van der Waals surface area contributed by atoms with Crippen LogP contribution in [0.1, 0.15) is 5.76 Å². The zero-order valence-corrected chi connectivity index (χ0v) is 10.9. The second-order valence-corrected chi connectivity index (χ2v) is 4.20. The van der Waals surface area contributed by atoms with E-state index in [9.17, 15) is 4.79 Å². The largest absolute Gasteiger partial charge is 0.460 e. The molecule has 0 bridgehead atoms. The summed E-state index contributed by atoms with van der Waals surface area (Å²) in [6.07, 6.45) is 0. The Labute approximate surface area is 111 Å². The number of nitrogens with one attached hydrogen (secondary N) is 2. The first-order chi connectivity index (χ1) is 9.29. The molecule has 1 aromatic heterocycles. The third-order valence-corrected chi connectivity index (χ3v) is 2.69. The number of rotatable bonds is 7. The van der Waals surface area contributed by atoms with Crippen molar-refractivity contribution in [1.29, 1.82) is 0 Å². The smallest absolute Gasteiger partial charge is 0.234 e. The molecule has 102 valence electrons. The van der Waals surface area contributed by atoms with Gasteiger partial charge in [0.25, 0.3) is 0 Å². The summed E-state index contributed by atoms with van der Waals surface area (Å²) >= 11 is 0. The number of carbonyl (C=O) groups excluding carboxylic acids is 1. The highest BCUT2D eigenvalue weighted by atomic mass is 16.5. The molecule has 0 atom stereocenters. The number of hydrogen-bond donors (Lipinski definition) is 2. The Morgan fingerprint density at radius 3 is 3.00 bits per heavy atom. The van der Waals surface area contributed by atoms with E-state index in [1.165, 1.54) is 0 Å². The van der Waals surface area contributed by atoms with Crippen molar-refractivity contribution in [2.45, 2.75) is 6.54 Å². The lowest BCUT2D eigenvalue weighted by molar-refractivity contribution is -0.120. The van der Waals surface area contributed by atoms with Crippen LogP contribution in [0.3, 0.4) is 0 Å². The summed E-state index contributed by atoms with van der Waals surface area (Å²) in [5.41, 5.74) is 0.865. The lowest BCUT2D eigenvalue weighted by Crippen LogP contribution is -2.35. The van der Waals surface area contributed by atoms with Gasteiger partial charge in [-0.2, -0.15) is 0 Å². The molecule has 0 fully saturated rings.